The molecule has 1 aromatic heterocycles. The molecule has 0 aliphatic heterocycles. The first-order chi connectivity index (χ1) is 11.0. The highest BCUT2D eigenvalue weighted by molar-refractivity contribution is 5.94. The number of hydrogen-bond donors (Lipinski definition) is 2. The molecule has 120 valence electrons. The predicted molar refractivity (Wildman–Crippen MR) is 88.7 cm³/mol. The summed E-state index contributed by atoms with van der Waals surface area (Å²) in [7, 11) is 0. The van der Waals surface area contributed by atoms with Crippen molar-refractivity contribution >= 4 is 5.91 Å². The number of hydrogen-bond acceptors (Lipinski definition) is 3. The highest BCUT2D eigenvalue weighted by Gasteiger charge is 2.22. The number of amides is 1. The zero-order chi connectivity index (χ0) is 16.4. The van der Waals surface area contributed by atoms with Gasteiger partial charge in [-0.15, -0.1) is 0 Å². The van der Waals surface area contributed by atoms with Gasteiger partial charge < -0.3 is 5.32 Å². The Bertz CT molecular complexity index is 763. The van der Waals surface area contributed by atoms with Crippen LogP contribution in [-0.4, -0.2) is 22.1 Å². The quantitative estimate of drug-likeness (QED) is 0.912. The molecule has 1 aromatic carbocycles. The molecule has 1 atom stereocenters. The van der Waals surface area contributed by atoms with Crippen LogP contribution in [0.3, 0.4) is 0 Å². The number of H-pyrrole nitrogens is 1. The zero-order valence-electron chi connectivity index (χ0n) is 13.4. The lowest BCUT2D eigenvalue weighted by atomic mass is 9.92. The summed E-state index contributed by atoms with van der Waals surface area (Å²) < 4.78 is 0. The second-order valence-corrected chi connectivity index (χ2v) is 6.39. The molecular weight excluding hydrogens is 290 g/mol. The summed E-state index contributed by atoms with van der Waals surface area (Å²) in [6, 6.07) is 9.36. The van der Waals surface area contributed by atoms with E-state index in [0.29, 0.717) is 17.9 Å². The van der Waals surface area contributed by atoms with E-state index in [2.05, 4.69) is 29.4 Å². The lowest BCUT2D eigenvalue weighted by Gasteiger charge is -2.24. The number of aromatic nitrogens is 2. The van der Waals surface area contributed by atoms with E-state index in [0.717, 1.165) is 24.1 Å². The lowest BCUT2D eigenvalue weighted by molar-refractivity contribution is 0.0933. The molecule has 0 radical (unpaired) electrons. The smallest absolute Gasteiger partial charge is 0.264 e. The van der Waals surface area contributed by atoms with Crippen LogP contribution in [-0.2, 0) is 12.8 Å². The Morgan fingerprint density at radius 1 is 1.30 bits per heavy atom. The van der Waals surface area contributed by atoms with Gasteiger partial charge in [-0.25, -0.2) is 5.10 Å². The molecule has 1 aliphatic carbocycles. The standard InChI is InChI=1S/C18H21N3O2/c1-11(2)12-3-5-13(6-4-12)18(23)19-15-7-8-16-14(9-15)10-17(22)21-20-16/h3-6,10-11,15H,7-9H2,1-2H3,(H,19,23)(H,21,22). The largest absolute Gasteiger partial charge is 0.349 e. The van der Waals surface area contributed by atoms with Gasteiger partial charge in [-0.05, 0) is 48.4 Å². The molecule has 1 aliphatic rings. The Balaban J connectivity index is 1.68. The Hall–Kier alpha value is -2.43. The molecule has 5 nitrogen and oxygen atoms in total. The minimum Gasteiger partial charge on any atom is -0.349 e. The second kappa shape index (κ2) is 6.36. The van der Waals surface area contributed by atoms with Crippen LogP contribution in [0.1, 0.15) is 53.4 Å². The molecule has 0 spiro atoms. The van der Waals surface area contributed by atoms with Gasteiger partial charge in [0.05, 0.1) is 5.69 Å². The van der Waals surface area contributed by atoms with Gasteiger partial charge in [0, 0.05) is 17.7 Å². The van der Waals surface area contributed by atoms with Gasteiger partial charge in [-0.2, -0.15) is 5.10 Å². The Kier molecular flexibility index (Phi) is 4.28. The van der Waals surface area contributed by atoms with Crippen molar-refractivity contribution in [2.45, 2.75) is 45.1 Å². The second-order valence-electron chi connectivity index (χ2n) is 6.39. The van der Waals surface area contributed by atoms with Crippen LogP contribution in [0.2, 0.25) is 0 Å². The fourth-order valence-electron chi connectivity index (χ4n) is 2.95. The molecule has 2 aromatic rings. The van der Waals surface area contributed by atoms with E-state index in [1.165, 1.54) is 5.56 Å². The molecule has 0 saturated heterocycles. The van der Waals surface area contributed by atoms with E-state index in [-0.39, 0.29) is 17.5 Å². The van der Waals surface area contributed by atoms with Gasteiger partial charge in [-0.1, -0.05) is 26.0 Å². The molecule has 0 fully saturated rings. The summed E-state index contributed by atoms with van der Waals surface area (Å²) in [5.41, 5.74) is 3.56. The van der Waals surface area contributed by atoms with Crippen molar-refractivity contribution in [1.29, 1.82) is 0 Å². The van der Waals surface area contributed by atoms with Crippen LogP contribution in [0, 0.1) is 0 Å². The van der Waals surface area contributed by atoms with Crippen molar-refractivity contribution in [3.63, 3.8) is 0 Å². The number of aromatic amines is 1. The van der Waals surface area contributed by atoms with Crippen LogP contribution < -0.4 is 10.9 Å². The molecule has 5 heteroatoms. The fraction of sp³-hybridized carbons (Fsp3) is 0.389. The number of rotatable bonds is 3. The summed E-state index contributed by atoms with van der Waals surface area (Å²) in [6.45, 7) is 4.26. The van der Waals surface area contributed by atoms with Crippen LogP contribution in [0.25, 0.3) is 0 Å². The summed E-state index contributed by atoms with van der Waals surface area (Å²) in [5, 5.41) is 9.59. The van der Waals surface area contributed by atoms with Crippen molar-refractivity contribution in [2.24, 2.45) is 0 Å². The van der Waals surface area contributed by atoms with Crippen molar-refractivity contribution in [1.82, 2.24) is 15.5 Å². The predicted octanol–water partition coefficient (Wildman–Crippen LogP) is 2.18. The van der Waals surface area contributed by atoms with E-state index < -0.39 is 0 Å². The molecule has 1 heterocycles. The summed E-state index contributed by atoms with van der Waals surface area (Å²) in [5.74, 6) is 0.388. The molecule has 0 bridgehead atoms. The number of carbonyl (C=O) groups is 1. The van der Waals surface area contributed by atoms with Gasteiger partial charge in [0.15, 0.2) is 0 Å². The molecular formula is C18H21N3O2. The van der Waals surface area contributed by atoms with Crippen molar-refractivity contribution < 1.29 is 4.79 Å². The Morgan fingerprint density at radius 2 is 2.04 bits per heavy atom. The number of benzene rings is 1. The fourth-order valence-corrected chi connectivity index (χ4v) is 2.95. The van der Waals surface area contributed by atoms with E-state index in [4.69, 9.17) is 0 Å². The molecule has 0 saturated carbocycles. The van der Waals surface area contributed by atoms with Crippen LogP contribution >= 0.6 is 0 Å². The third-order valence-corrected chi connectivity index (χ3v) is 4.35. The normalized spacial score (nSPS) is 16.9. The average molecular weight is 311 g/mol. The van der Waals surface area contributed by atoms with E-state index in [1.807, 2.05) is 24.3 Å². The van der Waals surface area contributed by atoms with Crippen LogP contribution in [0.4, 0.5) is 0 Å². The van der Waals surface area contributed by atoms with Crippen molar-refractivity contribution in [3.05, 3.63) is 63.1 Å². The van der Waals surface area contributed by atoms with Gasteiger partial charge in [0.2, 0.25) is 0 Å². The molecule has 3 rings (SSSR count). The van der Waals surface area contributed by atoms with Gasteiger partial charge in [-0.3, -0.25) is 9.59 Å². The molecule has 1 unspecified atom stereocenters. The van der Waals surface area contributed by atoms with Gasteiger partial charge in [0.1, 0.15) is 0 Å². The summed E-state index contributed by atoms with van der Waals surface area (Å²) >= 11 is 0. The monoisotopic (exact) mass is 311 g/mol. The molecule has 23 heavy (non-hydrogen) atoms. The van der Waals surface area contributed by atoms with Gasteiger partial charge >= 0.3 is 0 Å². The molecule has 1 amide bonds. The summed E-state index contributed by atoms with van der Waals surface area (Å²) in [4.78, 5) is 23.8. The first-order valence-electron chi connectivity index (χ1n) is 8.01. The average Bonchev–Trinajstić information content (AvgIpc) is 2.54. The third kappa shape index (κ3) is 3.50. The molecule has 2 N–H and O–H groups in total. The summed E-state index contributed by atoms with van der Waals surface area (Å²) in [6.07, 6.45) is 2.26. The number of nitrogens with one attached hydrogen (secondary N) is 2. The number of fused-ring (bicyclic) bond motifs is 1. The Morgan fingerprint density at radius 3 is 2.74 bits per heavy atom. The maximum absolute atomic E-state index is 12.4. The minimum absolute atomic E-state index is 0.0448. The zero-order valence-corrected chi connectivity index (χ0v) is 13.4. The van der Waals surface area contributed by atoms with Crippen molar-refractivity contribution in [2.75, 3.05) is 0 Å². The maximum Gasteiger partial charge on any atom is 0.264 e. The highest BCUT2D eigenvalue weighted by atomic mass is 16.1. The van der Waals surface area contributed by atoms with Gasteiger partial charge in [0.25, 0.3) is 11.5 Å². The van der Waals surface area contributed by atoms with E-state index >= 15 is 0 Å². The maximum atomic E-state index is 12.4. The topological polar surface area (TPSA) is 74.8 Å². The number of aryl methyl sites for hydroxylation is 1. The Labute approximate surface area is 135 Å². The van der Waals surface area contributed by atoms with E-state index in [9.17, 15) is 9.59 Å². The van der Waals surface area contributed by atoms with Crippen LogP contribution in [0.5, 0.6) is 0 Å². The van der Waals surface area contributed by atoms with E-state index in [1.54, 1.807) is 6.07 Å². The number of carbonyl (C=O) groups excluding carboxylic acids is 1. The first kappa shape index (κ1) is 15.5. The number of nitrogens with zero attached hydrogens (tertiary/aromatic N) is 1. The first-order valence-corrected chi connectivity index (χ1v) is 8.01. The minimum atomic E-state index is -0.194. The third-order valence-electron chi connectivity index (χ3n) is 4.35. The van der Waals surface area contributed by atoms with Crippen molar-refractivity contribution in [3.8, 4) is 0 Å². The lowest BCUT2D eigenvalue weighted by Crippen LogP contribution is -2.39. The van der Waals surface area contributed by atoms with Crippen LogP contribution in [0.15, 0.2) is 35.1 Å². The SMILES string of the molecule is CC(C)c1ccc(C(=O)NC2CCc3n[nH]c(=O)cc3C2)cc1. The highest BCUT2D eigenvalue weighted by Crippen LogP contribution is 2.19.